The summed E-state index contributed by atoms with van der Waals surface area (Å²) in [5, 5.41) is 6.04. The maximum Gasteiger partial charge on any atom is 0.323 e. The summed E-state index contributed by atoms with van der Waals surface area (Å²) in [7, 11) is 0. The van der Waals surface area contributed by atoms with Gasteiger partial charge in [0.15, 0.2) is 0 Å². The van der Waals surface area contributed by atoms with Crippen molar-refractivity contribution in [1.82, 2.24) is 10.6 Å². The van der Waals surface area contributed by atoms with Crippen molar-refractivity contribution in [2.45, 2.75) is 26.3 Å². The molecule has 0 radical (unpaired) electrons. The molecule has 0 heterocycles. The molecule has 0 aliphatic rings. The highest BCUT2D eigenvalue weighted by Gasteiger charge is 2.18. The first-order valence-corrected chi connectivity index (χ1v) is 11.7. The predicted octanol–water partition coefficient (Wildman–Crippen LogP) is 4.25. The molecule has 0 fully saturated rings. The Morgan fingerprint density at radius 3 is 2.18 bits per heavy atom. The SMILES string of the molecule is CCNC(Cc1ccc(OCCNC(=O)c2ccc(-c3ccccc3)cc2)cc1)C(=O)OCC. The lowest BCUT2D eigenvalue weighted by Crippen LogP contribution is -2.39. The second-order valence-corrected chi connectivity index (χ2v) is 7.76. The molecule has 6 heteroatoms. The lowest BCUT2D eigenvalue weighted by atomic mass is 10.0. The molecule has 0 bridgehead atoms. The number of carbonyl (C=O) groups is 2. The minimum Gasteiger partial charge on any atom is -0.492 e. The fourth-order valence-corrected chi connectivity index (χ4v) is 3.57. The van der Waals surface area contributed by atoms with Crippen LogP contribution in [0.5, 0.6) is 5.75 Å². The molecule has 34 heavy (non-hydrogen) atoms. The molecular weight excluding hydrogens is 428 g/mol. The maximum absolute atomic E-state index is 12.4. The number of hydrogen-bond acceptors (Lipinski definition) is 5. The van der Waals surface area contributed by atoms with Crippen molar-refractivity contribution in [2.75, 3.05) is 26.3 Å². The highest BCUT2D eigenvalue weighted by molar-refractivity contribution is 5.94. The summed E-state index contributed by atoms with van der Waals surface area (Å²) in [4.78, 5) is 24.5. The lowest BCUT2D eigenvalue weighted by molar-refractivity contribution is -0.145. The van der Waals surface area contributed by atoms with Crippen LogP contribution in [-0.2, 0) is 16.0 Å². The lowest BCUT2D eigenvalue weighted by Gasteiger charge is -2.16. The number of ether oxygens (including phenoxy) is 2. The first kappa shape index (κ1) is 25.0. The Kier molecular flexibility index (Phi) is 9.67. The number of carbonyl (C=O) groups excluding carboxylic acids is 2. The molecule has 3 aromatic rings. The van der Waals surface area contributed by atoms with Crippen LogP contribution in [0, 0.1) is 0 Å². The fraction of sp³-hybridized carbons (Fsp3) is 0.286. The molecule has 0 aliphatic heterocycles. The van der Waals surface area contributed by atoms with Gasteiger partial charge in [0.05, 0.1) is 13.2 Å². The van der Waals surface area contributed by atoms with Gasteiger partial charge in [0.1, 0.15) is 18.4 Å². The van der Waals surface area contributed by atoms with Gasteiger partial charge in [0.25, 0.3) is 5.91 Å². The topological polar surface area (TPSA) is 76.7 Å². The van der Waals surface area contributed by atoms with Crippen LogP contribution in [0.2, 0.25) is 0 Å². The molecule has 1 amide bonds. The highest BCUT2D eigenvalue weighted by atomic mass is 16.5. The van der Waals surface area contributed by atoms with E-state index in [0.717, 1.165) is 16.7 Å². The van der Waals surface area contributed by atoms with Gasteiger partial charge >= 0.3 is 5.97 Å². The van der Waals surface area contributed by atoms with E-state index < -0.39 is 0 Å². The van der Waals surface area contributed by atoms with E-state index in [-0.39, 0.29) is 17.9 Å². The standard InChI is InChI=1S/C28H32N2O4/c1-3-29-26(28(32)33-4-2)20-21-10-16-25(17-11-21)34-19-18-30-27(31)24-14-12-23(13-15-24)22-8-6-5-7-9-22/h5-17,26,29H,3-4,18-20H2,1-2H3,(H,30,31). The van der Waals surface area contributed by atoms with Gasteiger partial charge in [-0.2, -0.15) is 0 Å². The van der Waals surface area contributed by atoms with E-state index in [0.29, 0.717) is 44.0 Å². The van der Waals surface area contributed by atoms with Crippen molar-refractivity contribution in [3.05, 3.63) is 90.0 Å². The molecule has 3 aromatic carbocycles. The van der Waals surface area contributed by atoms with Crippen LogP contribution in [0.1, 0.15) is 29.8 Å². The number of esters is 1. The monoisotopic (exact) mass is 460 g/mol. The molecule has 0 saturated heterocycles. The normalized spacial score (nSPS) is 11.5. The van der Waals surface area contributed by atoms with Gasteiger partial charge in [-0.25, -0.2) is 0 Å². The summed E-state index contributed by atoms with van der Waals surface area (Å²) < 4.78 is 10.9. The molecule has 1 atom stereocenters. The Labute approximate surface area is 201 Å². The largest absolute Gasteiger partial charge is 0.492 e. The third-order valence-electron chi connectivity index (χ3n) is 5.30. The van der Waals surface area contributed by atoms with Crippen molar-refractivity contribution < 1.29 is 19.1 Å². The molecule has 1 unspecified atom stereocenters. The van der Waals surface area contributed by atoms with E-state index in [4.69, 9.17) is 9.47 Å². The van der Waals surface area contributed by atoms with Gasteiger partial charge in [-0.3, -0.25) is 9.59 Å². The number of nitrogens with one attached hydrogen (secondary N) is 2. The van der Waals surface area contributed by atoms with Gasteiger partial charge < -0.3 is 20.1 Å². The third kappa shape index (κ3) is 7.46. The summed E-state index contributed by atoms with van der Waals surface area (Å²) in [6.45, 7) is 5.57. The molecular formula is C28H32N2O4. The minimum absolute atomic E-state index is 0.132. The highest BCUT2D eigenvalue weighted by Crippen LogP contribution is 2.19. The molecule has 2 N–H and O–H groups in total. The molecule has 0 spiro atoms. The number of hydrogen-bond donors (Lipinski definition) is 2. The van der Waals surface area contributed by atoms with Crippen molar-refractivity contribution in [3.8, 4) is 16.9 Å². The maximum atomic E-state index is 12.4. The summed E-state index contributed by atoms with van der Waals surface area (Å²) in [6.07, 6.45) is 0.548. The van der Waals surface area contributed by atoms with Gasteiger partial charge in [-0.1, -0.05) is 61.5 Å². The first-order chi connectivity index (χ1) is 16.6. The second kappa shape index (κ2) is 13.2. The quantitative estimate of drug-likeness (QED) is 0.312. The van der Waals surface area contributed by atoms with E-state index in [2.05, 4.69) is 10.6 Å². The zero-order valence-corrected chi connectivity index (χ0v) is 19.8. The first-order valence-electron chi connectivity index (χ1n) is 11.7. The summed E-state index contributed by atoms with van der Waals surface area (Å²) in [6, 6.07) is 24.8. The molecule has 178 valence electrons. The number of amides is 1. The predicted molar refractivity (Wildman–Crippen MR) is 134 cm³/mol. The number of rotatable bonds is 12. The van der Waals surface area contributed by atoms with E-state index in [1.807, 2.05) is 85.8 Å². The van der Waals surface area contributed by atoms with Gasteiger partial charge in [-0.15, -0.1) is 0 Å². The average molecular weight is 461 g/mol. The van der Waals surface area contributed by atoms with Gasteiger partial charge in [0, 0.05) is 5.56 Å². The zero-order valence-electron chi connectivity index (χ0n) is 19.8. The smallest absolute Gasteiger partial charge is 0.323 e. The van der Waals surface area contributed by atoms with Crippen LogP contribution in [0.25, 0.3) is 11.1 Å². The second-order valence-electron chi connectivity index (χ2n) is 7.76. The summed E-state index contributed by atoms with van der Waals surface area (Å²) >= 11 is 0. The molecule has 0 aliphatic carbocycles. The van der Waals surface area contributed by atoms with E-state index in [9.17, 15) is 9.59 Å². The van der Waals surface area contributed by atoms with Crippen LogP contribution >= 0.6 is 0 Å². The fourth-order valence-electron chi connectivity index (χ4n) is 3.57. The van der Waals surface area contributed by atoms with E-state index in [1.165, 1.54) is 0 Å². The van der Waals surface area contributed by atoms with Crippen LogP contribution < -0.4 is 15.4 Å². The third-order valence-corrected chi connectivity index (χ3v) is 5.30. The van der Waals surface area contributed by atoms with Gasteiger partial charge in [-0.05, 0) is 60.8 Å². The Morgan fingerprint density at radius 2 is 1.53 bits per heavy atom. The summed E-state index contributed by atoms with van der Waals surface area (Å²) in [5.41, 5.74) is 3.81. The zero-order chi connectivity index (χ0) is 24.2. The van der Waals surface area contributed by atoms with Crippen molar-refractivity contribution in [1.29, 1.82) is 0 Å². The van der Waals surface area contributed by atoms with Crippen LogP contribution in [0.4, 0.5) is 0 Å². The van der Waals surface area contributed by atoms with Crippen LogP contribution in [-0.4, -0.2) is 44.2 Å². The van der Waals surface area contributed by atoms with E-state index in [1.54, 1.807) is 6.92 Å². The number of benzene rings is 3. The Hall–Kier alpha value is -3.64. The van der Waals surface area contributed by atoms with E-state index >= 15 is 0 Å². The average Bonchev–Trinajstić information content (AvgIpc) is 2.88. The molecule has 6 nitrogen and oxygen atoms in total. The Morgan fingerprint density at radius 1 is 0.853 bits per heavy atom. The van der Waals surface area contributed by atoms with Crippen molar-refractivity contribution in [2.24, 2.45) is 0 Å². The number of likely N-dealkylation sites (N-methyl/N-ethyl adjacent to an activating group) is 1. The molecule has 0 saturated carbocycles. The Bertz CT molecular complexity index is 1030. The van der Waals surface area contributed by atoms with Crippen LogP contribution in [0.3, 0.4) is 0 Å². The van der Waals surface area contributed by atoms with Crippen molar-refractivity contribution in [3.63, 3.8) is 0 Å². The molecule has 3 rings (SSSR count). The Balaban J connectivity index is 1.43. The van der Waals surface area contributed by atoms with Crippen molar-refractivity contribution >= 4 is 11.9 Å². The minimum atomic E-state index is -0.367. The van der Waals surface area contributed by atoms with Crippen LogP contribution in [0.15, 0.2) is 78.9 Å². The van der Waals surface area contributed by atoms with Gasteiger partial charge in [0.2, 0.25) is 0 Å². The summed E-state index contributed by atoms with van der Waals surface area (Å²) in [5.74, 6) is 0.337. The molecule has 0 aromatic heterocycles.